The zero-order chi connectivity index (χ0) is 15.3. The van der Waals surface area contributed by atoms with Gasteiger partial charge in [-0.2, -0.15) is 5.10 Å². The van der Waals surface area contributed by atoms with Crippen molar-refractivity contribution in [2.24, 2.45) is 0 Å². The SMILES string of the molecule is CCc1nc2c3cnn(-c4ccc(C)cc4C)c3ncn2n1. The summed E-state index contributed by atoms with van der Waals surface area (Å²) >= 11 is 0. The number of hydrogen-bond donors (Lipinski definition) is 0. The molecule has 4 aromatic rings. The lowest BCUT2D eigenvalue weighted by atomic mass is 10.1. The number of hydrogen-bond acceptors (Lipinski definition) is 4. The van der Waals surface area contributed by atoms with Crippen molar-refractivity contribution in [3.8, 4) is 5.69 Å². The zero-order valence-corrected chi connectivity index (χ0v) is 12.8. The summed E-state index contributed by atoms with van der Waals surface area (Å²) in [5.41, 5.74) is 5.04. The summed E-state index contributed by atoms with van der Waals surface area (Å²) in [5, 5.41) is 9.82. The summed E-state index contributed by atoms with van der Waals surface area (Å²) < 4.78 is 3.58. The van der Waals surface area contributed by atoms with Crippen LogP contribution < -0.4 is 0 Å². The molecule has 110 valence electrons. The van der Waals surface area contributed by atoms with Gasteiger partial charge in [-0.1, -0.05) is 24.6 Å². The minimum atomic E-state index is 0.800. The van der Waals surface area contributed by atoms with Gasteiger partial charge in [0.1, 0.15) is 6.33 Å². The molecule has 1 aromatic carbocycles. The molecular formula is C16H16N6. The highest BCUT2D eigenvalue weighted by Gasteiger charge is 2.13. The van der Waals surface area contributed by atoms with Crippen LogP contribution in [0, 0.1) is 13.8 Å². The number of benzene rings is 1. The Bertz CT molecular complexity index is 995. The van der Waals surface area contributed by atoms with Crippen LogP contribution >= 0.6 is 0 Å². The molecule has 0 aliphatic rings. The fourth-order valence-electron chi connectivity index (χ4n) is 2.73. The highest BCUT2D eigenvalue weighted by atomic mass is 15.3. The van der Waals surface area contributed by atoms with Crippen molar-refractivity contribution in [2.45, 2.75) is 27.2 Å². The number of aryl methyl sites for hydroxylation is 3. The Labute approximate surface area is 127 Å². The van der Waals surface area contributed by atoms with Crippen molar-refractivity contribution >= 4 is 16.7 Å². The molecule has 6 nitrogen and oxygen atoms in total. The third-order valence-electron chi connectivity index (χ3n) is 3.85. The molecule has 0 atom stereocenters. The van der Waals surface area contributed by atoms with Gasteiger partial charge >= 0.3 is 0 Å². The van der Waals surface area contributed by atoms with E-state index in [0.29, 0.717) is 0 Å². The molecule has 0 N–H and O–H groups in total. The van der Waals surface area contributed by atoms with Gasteiger partial charge in [-0.05, 0) is 25.5 Å². The van der Waals surface area contributed by atoms with E-state index in [2.05, 4.69) is 52.2 Å². The molecule has 22 heavy (non-hydrogen) atoms. The lowest BCUT2D eigenvalue weighted by molar-refractivity contribution is 0.857. The Hall–Kier alpha value is -2.76. The van der Waals surface area contributed by atoms with Gasteiger partial charge in [-0.25, -0.2) is 19.2 Å². The molecule has 0 spiro atoms. The Morgan fingerprint density at radius 1 is 1.14 bits per heavy atom. The molecule has 6 heteroatoms. The first-order valence-electron chi connectivity index (χ1n) is 7.33. The first-order chi connectivity index (χ1) is 10.7. The second-order valence-corrected chi connectivity index (χ2v) is 5.48. The Morgan fingerprint density at radius 2 is 2.00 bits per heavy atom. The Morgan fingerprint density at radius 3 is 2.77 bits per heavy atom. The molecule has 0 saturated heterocycles. The maximum Gasteiger partial charge on any atom is 0.170 e. The van der Waals surface area contributed by atoms with E-state index < -0.39 is 0 Å². The Kier molecular flexibility index (Phi) is 2.72. The van der Waals surface area contributed by atoms with Crippen molar-refractivity contribution in [3.05, 3.63) is 47.7 Å². The van der Waals surface area contributed by atoms with Gasteiger partial charge in [0.15, 0.2) is 17.1 Å². The number of nitrogens with zero attached hydrogens (tertiary/aromatic N) is 6. The minimum Gasteiger partial charge on any atom is -0.216 e. The van der Waals surface area contributed by atoms with Gasteiger partial charge in [0.05, 0.1) is 17.3 Å². The average molecular weight is 292 g/mol. The predicted octanol–water partition coefficient (Wildman–Crippen LogP) is 2.64. The van der Waals surface area contributed by atoms with Crippen molar-refractivity contribution in [3.63, 3.8) is 0 Å². The largest absolute Gasteiger partial charge is 0.216 e. The summed E-state index contributed by atoms with van der Waals surface area (Å²) in [7, 11) is 0. The summed E-state index contributed by atoms with van der Waals surface area (Å²) in [5.74, 6) is 0.813. The summed E-state index contributed by atoms with van der Waals surface area (Å²) in [4.78, 5) is 9.08. The van der Waals surface area contributed by atoms with E-state index in [9.17, 15) is 0 Å². The quantitative estimate of drug-likeness (QED) is 0.570. The summed E-state index contributed by atoms with van der Waals surface area (Å²) in [6.45, 7) is 6.21. The van der Waals surface area contributed by atoms with E-state index in [0.717, 1.165) is 34.6 Å². The van der Waals surface area contributed by atoms with E-state index >= 15 is 0 Å². The molecule has 3 heterocycles. The van der Waals surface area contributed by atoms with E-state index in [1.54, 1.807) is 10.8 Å². The van der Waals surface area contributed by atoms with E-state index in [1.165, 1.54) is 11.1 Å². The second kappa shape index (κ2) is 4.62. The number of rotatable bonds is 2. The van der Waals surface area contributed by atoms with Gasteiger partial charge in [-0.15, -0.1) is 5.10 Å². The summed E-state index contributed by atoms with van der Waals surface area (Å²) in [6, 6.07) is 6.30. The van der Waals surface area contributed by atoms with Crippen LogP contribution in [0.3, 0.4) is 0 Å². The second-order valence-electron chi connectivity index (χ2n) is 5.48. The smallest absolute Gasteiger partial charge is 0.170 e. The number of fused-ring (bicyclic) bond motifs is 3. The van der Waals surface area contributed by atoms with Crippen LogP contribution in [0.25, 0.3) is 22.4 Å². The Balaban J connectivity index is 2.00. The monoisotopic (exact) mass is 292 g/mol. The van der Waals surface area contributed by atoms with Crippen molar-refractivity contribution in [1.29, 1.82) is 0 Å². The van der Waals surface area contributed by atoms with Gasteiger partial charge in [0.2, 0.25) is 0 Å². The molecule has 0 bridgehead atoms. The first kappa shape index (κ1) is 12.9. The average Bonchev–Trinajstić information content (AvgIpc) is 3.09. The third kappa shape index (κ3) is 1.80. The highest BCUT2D eigenvalue weighted by molar-refractivity contribution is 5.89. The van der Waals surface area contributed by atoms with Gasteiger partial charge in [0, 0.05) is 6.42 Å². The maximum atomic E-state index is 4.56. The molecule has 0 unspecified atom stereocenters. The topological polar surface area (TPSA) is 60.9 Å². The molecule has 0 radical (unpaired) electrons. The standard InChI is InChI=1S/C16H16N6/c1-4-14-19-16-12-8-18-22(15(12)17-9-21(16)20-14)13-6-5-10(2)7-11(13)3/h5-9H,4H2,1-3H3. The van der Waals surface area contributed by atoms with Crippen LogP contribution in [0.1, 0.15) is 23.9 Å². The van der Waals surface area contributed by atoms with Crippen molar-refractivity contribution in [1.82, 2.24) is 29.4 Å². The van der Waals surface area contributed by atoms with Crippen LogP contribution in [0.4, 0.5) is 0 Å². The van der Waals surface area contributed by atoms with E-state index in [1.807, 2.05) is 17.8 Å². The van der Waals surface area contributed by atoms with Crippen LogP contribution in [-0.4, -0.2) is 29.4 Å². The lowest BCUT2D eigenvalue weighted by Crippen LogP contribution is -2.01. The van der Waals surface area contributed by atoms with Crippen molar-refractivity contribution < 1.29 is 0 Å². The van der Waals surface area contributed by atoms with Crippen LogP contribution in [0.15, 0.2) is 30.7 Å². The normalized spacial score (nSPS) is 11.6. The molecule has 0 aliphatic heterocycles. The molecule has 0 fully saturated rings. The molecular weight excluding hydrogens is 276 g/mol. The van der Waals surface area contributed by atoms with Gasteiger partial charge in [0.25, 0.3) is 0 Å². The molecule has 4 rings (SSSR count). The van der Waals surface area contributed by atoms with E-state index in [-0.39, 0.29) is 0 Å². The molecule has 0 amide bonds. The zero-order valence-electron chi connectivity index (χ0n) is 12.8. The minimum absolute atomic E-state index is 0.800. The molecule has 3 aromatic heterocycles. The maximum absolute atomic E-state index is 4.56. The van der Waals surface area contributed by atoms with Crippen LogP contribution in [0.5, 0.6) is 0 Å². The highest BCUT2D eigenvalue weighted by Crippen LogP contribution is 2.22. The molecule has 0 aliphatic carbocycles. The fourth-order valence-corrected chi connectivity index (χ4v) is 2.73. The third-order valence-corrected chi connectivity index (χ3v) is 3.85. The van der Waals surface area contributed by atoms with Crippen molar-refractivity contribution in [2.75, 3.05) is 0 Å². The van der Waals surface area contributed by atoms with E-state index in [4.69, 9.17) is 0 Å². The van der Waals surface area contributed by atoms with Crippen LogP contribution in [0.2, 0.25) is 0 Å². The summed E-state index contributed by atoms with van der Waals surface area (Å²) in [6.07, 6.45) is 4.31. The molecule has 0 saturated carbocycles. The van der Waals surface area contributed by atoms with Crippen LogP contribution in [-0.2, 0) is 6.42 Å². The first-order valence-corrected chi connectivity index (χ1v) is 7.33. The van der Waals surface area contributed by atoms with Gasteiger partial charge < -0.3 is 0 Å². The fraction of sp³-hybridized carbons (Fsp3) is 0.250. The predicted molar refractivity (Wildman–Crippen MR) is 84.3 cm³/mol. The van der Waals surface area contributed by atoms with Gasteiger partial charge in [-0.3, -0.25) is 0 Å². The number of aromatic nitrogens is 6. The lowest BCUT2D eigenvalue weighted by Gasteiger charge is -2.07.